The first-order chi connectivity index (χ1) is 9.93. The topological polar surface area (TPSA) is 52.3 Å². The lowest BCUT2D eigenvalue weighted by Gasteiger charge is -2.02. The Labute approximate surface area is 130 Å². The molecule has 0 aliphatic carbocycles. The Bertz CT molecular complexity index is 667. The molecule has 0 amide bonds. The molecular formula is C15H15BrFNO3. The van der Waals surface area contributed by atoms with Crippen LogP contribution in [0.2, 0.25) is 0 Å². The normalized spacial score (nSPS) is 11.0. The van der Waals surface area contributed by atoms with E-state index in [1.807, 2.05) is 13.8 Å². The Morgan fingerprint density at radius 2 is 2.19 bits per heavy atom. The first-order valence-electron chi connectivity index (χ1n) is 6.57. The highest BCUT2D eigenvalue weighted by molar-refractivity contribution is 9.10. The number of halogens is 2. The second-order valence-corrected chi connectivity index (χ2v) is 5.59. The molecule has 112 valence electrons. The number of carbonyl (C=O) groups excluding carboxylic acids is 1. The zero-order chi connectivity index (χ0) is 15.6. The summed E-state index contributed by atoms with van der Waals surface area (Å²) in [5, 5.41) is 0. The molecule has 0 radical (unpaired) electrons. The first-order valence-corrected chi connectivity index (χ1v) is 7.36. The van der Waals surface area contributed by atoms with Crippen LogP contribution in [0.3, 0.4) is 0 Å². The molecule has 0 unspecified atom stereocenters. The number of aromatic nitrogens is 1. The van der Waals surface area contributed by atoms with Gasteiger partial charge in [-0.1, -0.05) is 13.8 Å². The summed E-state index contributed by atoms with van der Waals surface area (Å²) in [6.07, 6.45) is 0. The number of nitrogens with zero attached hydrogens (tertiary/aromatic N) is 1. The Morgan fingerprint density at radius 3 is 2.76 bits per heavy atom. The maximum atomic E-state index is 13.1. The molecule has 2 rings (SSSR count). The number of ether oxygens (including phenoxy) is 1. The summed E-state index contributed by atoms with van der Waals surface area (Å²) in [6.45, 7) is 5.79. The zero-order valence-electron chi connectivity index (χ0n) is 11.9. The Balaban J connectivity index is 2.51. The Kier molecular flexibility index (Phi) is 4.77. The van der Waals surface area contributed by atoms with Crippen LogP contribution in [-0.4, -0.2) is 17.6 Å². The molecule has 4 nitrogen and oxygen atoms in total. The van der Waals surface area contributed by atoms with E-state index in [-0.39, 0.29) is 30.0 Å². The second kappa shape index (κ2) is 6.39. The van der Waals surface area contributed by atoms with E-state index in [0.29, 0.717) is 15.7 Å². The predicted molar refractivity (Wildman–Crippen MR) is 79.6 cm³/mol. The van der Waals surface area contributed by atoms with Crippen LogP contribution >= 0.6 is 15.9 Å². The zero-order valence-corrected chi connectivity index (χ0v) is 13.5. The van der Waals surface area contributed by atoms with Crippen molar-refractivity contribution in [2.45, 2.75) is 26.7 Å². The fourth-order valence-corrected chi connectivity index (χ4v) is 2.36. The first kappa shape index (κ1) is 15.7. The highest BCUT2D eigenvalue weighted by Crippen LogP contribution is 2.32. The van der Waals surface area contributed by atoms with Crippen molar-refractivity contribution in [1.82, 2.24) is 4.98 Å². The second-order valence-electron chi connectivity index (χ2n) is 4.73. The van der Waals surface area contributed by atoms with Crippen molar-refractivity contribution in [3.8, 4) is 11.5 Å². The lowest BCUT2D eigenvalue weighted by Crippen LogP contribution is -2.07. The van der Waals surface area contributed by atoms with Gasteiger partial charge in [0.05, 0.1) is 17.9 Å². The van der Waals surface area contributed by atoms with Crippen LogP contribution in [0, 0.1) is 5.82 Å². The van der Waals surface area contributed by atoms with Crippen LogP contribution in [0.5, 0.6) is 0 Å². The van der Waals surface area contributed by atoms with Gasteiger partial charge in [-0.15, -0.1) is 0 Å². The van der Waals surface area contributed by atoms with Gasteiger partial charge in [0.25, 0.3) is 0 Å². The van der Waals surface area contributed by atoms with Crippen LogP contribution in [0.1, 0.15) is 42.9 Å². The largest absolute Gasteiger partial charge is 0.460 e. The van der Waals surface area contributed by atoms with Gasteiger partial charge >= 0.3 is 5.97 Å². The van der Waals surface area contributed by atoms with Crippen LogP contribution in [-0.2, 0) is 4.74 Å². The van der Waals surface area contributed by atoms with E-state index in [1.54, 1.807) is 13.0 Å². The summed E-state index contributed by atoms with van der Waals surface area (Å²) < 4.78 is 24.2. The molecule has 0 spiro atoms. The SMILES string of the molecule is CCOC(=O)c1oc(-c2ccc(F)cc2Br)nc1C(C)C. The molecule has 0 bridgehead atoms. The minimum atomic E-state index is -0.543. The summed E-state index contributed by atoms with van der Waals surface area (Å²) in [6, 6.07) is 4.17. The smallest absolute Gasteiger partial charge is 0.376 e. The van der Waals surface area contributed by atoms with Gasteiger partial charge in [-0.2, -0.15) is 0 Å². The van der Waals surface area contributed by atoms with Gasteiger partial charge in [0.15, 0.2) is 0 Å². The lowest BCUT2D eigenvalue weighted by molar-refractivity contribution is 0.0488. The van der Waals surface area contributed by atoms with Gasteiger partial charge in [-0.25, -0.2) is 14.2 Å². The Hall–Kier alpha value is -1.69. The maximum absolute atomic E-state index is 13.1. The highest BCUT2D eigenvalue weighted by Gasteiger charge is 2.24. The van der Waals surface area contributed by atoms with Gasteiger partial charge < -0.3 is 9.15 Å². The van der Waals surface area contributed by atoms with Crippen molar-refractivity contribution < 1.29 is 18.3 Å². The molecule has 1 heterocycles. The summed E-state index contributed by atoms with van der Waals surface area (Å²) in [5.41, 5.74) is 1.11. The molecule has 0 aliphatic rings. The molecule has 6 heteroatoms. The molecule has 1 aromatic heterocycles. The van der Waals surface area contributed by atoms with Crippen LogP contribution in [0.25, 0.3) is 11.5 Å². The van der Waals surface area contributed by atoms with Crippen molar-refractivity contribution >= 4 is 21.9 Å². The van der Waals surface area contributed by atoms with E-state index >= 15 is 0 Å². The van der Waals surface area contributed by atoms with Crippen molar-refractivity contribution in [1.29, 1.82) is 0 Å². The van der Waals surface area contributed by atoms with Gasteiger partial charge in [-0.3, -0.25) is 0 Å². The molecule has 0 saturated heterocycles. The van der Waals surface area contributed by atoms with E-state index in [9.17, 15) is 9.18 Å². The maximum Gasteiger partial charge on any atom is 0.376 e. The molecule has 0 N–H and O–H groups in total. The number of hydrogen-bond donors (Lipinski definition) is 0. The van der Waals surface area contributed by atoms with Gasteiger partial charge in [0.1, 0.15) is 5.82 Å². The number of esters is 1. The minimum Gasteiger partial charge on any atom is -0.460 e. The van der Waals surface area contributed by atoms with E-state index in [1.165, 1.54) is 12.1 Å². The van der Waals surface area contributed by atoms with E-state index in [0.717, 1.165) is 0 Å². The van der Waals surface area contributed by atoms with Crippen LogP contribution in [0.4, 0.5) is 4.39 Å². The third-order valence-corrected chi connectivity index (χ3v) is 3.48. The third-order valence-electron chi connectivity index (χ3n) is 2.82. The average molecular weight is 356 g/mol. The summed E-state index contributed by atoms with van der Waals surface area (Å²) in [5.74, 6) is -0.558. The number of carbonyl (C=O) groups is 1. The molecule has 0 atom stereocenters. The van der Waals surface area contributed by atoms with Crippen molar-refractivity contribution in [3.05, 3.63) is 39.9 Å². The third kappa shape index (κ3) is 3.32. The summed E-state index contributed by atoms with van der Waals surface area (Å²) >= 11 is 3.27. The monoisotopic (exact) mass is 355 g/mol. The van der Waals surface area contributed by atoms with E-state index in [4.69, 9.17) is 9.15 Å². The van der Waals surface area contributed by atoms with E-state index < -0.39 is 5.97 Å². The fraction of sp³-hybridized carbons (Fsp3) is 0.333. The Morgan fingerprint density at radius 1 is 1.48 bits per heavy atom. The number of hydrogen-bond acceptors (Lipinski definition) is 4. The standard InChI is InChI=1S/C15H15BrFNO3/c1-4-20-15(19)13-12(8(2)3)18-14(21-13)10-6-5-9(17)7-11(10)16/h5-8H,4H2,1-3H3. The van der Waals surface area contributed by atoms with Crippen LogP contribution in [0.15, 0.2) is 27.1 Å². The predicted octanol–water partition coefficient (Wildman–Crippen LogP) is 4.54. The molecule has 21 heavy (non-hydrogen) atoms. The fourth-order valence-electron chi connectivity index (χ4n) is 1.84. The quantitative estimate of drug-likeness (QED) is 0.755. The van der Waals surface area contributed by atoms with Crippen molar-refractivity contribution in [2.75, 3.05) is 6.61 Å². The highest BCUT2D eigenvalue weighted by atomic mass is 79.9. The molecule has 0 aliphatic heterocycles. The molecule has 0 saturated carbocycles. The molecule has 2 aromatic rings. The number of benzene rings is 1. The van der Waals surface area contributed by atoms with Gasteiger partial charge in [-0.05, 0) is 47.0 Å². The number of rotatable bonds is 4. The lowest BCUT2D eigenvalue weighted by atomic mass is 10.1. The molecule has 0 fully saturated rings. The molecular weight excluding hydrogens is 341 g/mol. The van der Waals surface area contributed by atoms with E-state index in [2.05, 4.69) is 20.9 Å². The summed E-state index contributed by atoms with van der Waals surface area (Å²) in [7, 11) is 0. The van der Waals surface area contributed by atoms with Crippen molar-refractivity contribution in [3.63, 3.8) is 0 Å². The number of oxazole rings is 1. The van der Waals surface area contributed by atoms with Crippen LogP contribution < -0.4 is 0 Å². The van der Waals surface area contributed by atoms with Gasteiger partial charge in [0, 0.05) is 4.47 Å². The minimum absolute atomic E-state index is 0.00105. The molecule has 1 aromatic carbocycles. The van der Waals surface area contributed by atoms with Gasteiger partial charge in [0.2, 0.25) is 11.7 Å². The average Bonchev–Trinajstić information content (AvgIpc) is 2.84. The van der Waals surface area contributed by atoms with Crippen molar-refractivity contribution in [2.24, 2.45) is 0 Å². The summed E-state index contributed by atoms with van der Waals surface area (Å²) in [4.78, 5) is 16.3.